The Kier molecular flexibility index (Phi) is 3.48. The van der Waals surface area contributed by atoms with Crippen molar-refractivity contribution in [1.82, 2.24) is 10.2 Å². The summed E-state index contributed by atoms with van der Waals surface area (Å²) in [7, 11) is 0. The summed E-state index contributed by atoms with van der Waals surface area (Å²) in [5, 5.41) is 9.45. The van der Waals surface area contributed by atoms with E-state index in [1.54, 1.807) is 18.2 Å². The molecule has 0 saturated carbocycles. The second-order valence-electron chi connectivity index (χ2n) is 2.87. The fourth-order valence-electron chi connectivity index (χ4n) is 1.06. The third-order valence-electron chi connectivity index (χ3n) is 1.75. The molecule has 0 spiro atoms. The first kappa shape index (κ1) is 11.4. The van der Waals surface area contributed by atoms with Crippen molar-refractivity contribution in [2.75, 3.05) is 5.73 Å². The number of rotatable bonds is 3. The molecule has 0 aliphatic carbocycles. The van der Waals surface area contributed by atoms with E-state index in [0.29, 0.717) is 25.9 Å². The molecule has 84 valence electrons. The van der Waals surface area contributed by atoms with Gasteiger partial charge in [-0.05, 0) is 12.1 Å². The summed E-state index contributed by atoms with van der Waals surface area (Å²) in [6, 6.07) is 5.19. The van der Waals surface area contributed by atoms with Gasteiger partial charge in [-0.2, -0.15) is 0 Å². The quantitative estimate of drug-likeness (QED) is 0.936. The third kappa shape index (κ3) is 2.55. The van der Waals surface area contributed by atoms with Gasteiger partial charge in [0.1, 0.15) is 17.4 Å². The molecule has 0 saturated heterocycles. The Hall–Kier alpha value is -1.04. The summed E-state index contributed by atoms with van der Waals surface area (Å²) in [6.07, 6.45) is 0. The summed E-state index contributed by atoms with van der Waals surface area (Å²) in [5.41, 5.74) is 5.44. The molecule has 0 fully saturated rings. The topological polar surface area (TPSA) is 61.0 Å². The highest BCUT2D eigenvalue weighted by atomic mass is 35.5. The summed E-state index contributed by atoms with van der Waals surface area (Å²) in [6.45, 7) is 0.273. The molecule has 7 heteroatoms. The van der Waals surface area contributed by atoms with Gasteiger partial charge in [0.25, 0.3) is 0 Å². The van der Waals surface area contributed by atoms with Crippen LogP contribution in [-0.2, 0) is 6.61 Å². The van der Waals surface area contributed by atoms with Crippen molar-refractivity contribution in [2.24, 2.45) is 0 Å². The number of nitrogens with two attached hydrogens (primary N) is 1. The molecule has 0 aliphatic heterocycles. The first-order valence-electron chi connectivity index (χ1n) is 4.31. The van der Waals surface area contributed by atoms with E-state index < -0.39 is 0 Å². The van der Waals surface area contributed by atoms with Gasteiger partial charge < -0.3 is 10.5 Å². The number of hydrogen-bond donors (Lipinski definition) is 1. The number of nitrogen functional groups attached to an aromatic ring is 1. The molecule has 2 rings (SSSR count). The van der Waals surface area contributed by atoms with E-state index in [-0.39, 0.29) is 6.61 Å². The van der Waals surface area contributed by atoms with E-state index in [4.69, 9.17) is 33.7 Å². The van der Waals surface area contributed by atoms with Crippen LogP contribution in [0, 0.1) is 0 Å². The van der Waals surface area contributed by atoms with Gasteiger partial charge in [0.05, 0.1) is 5.02 Å². The lowest BCUT2D eigenvalue weighted by Gasteiger charge is -2.06. The van der Waals surface area contributed by atoms with E-state index in [1.807, 2.05) is 0 Å². The zero-order valence-corrected chi connectivity index (χ0v) is 10.3. The molecule has 2 N–H and O–H groups in total. The molecule has 1 aromatic heterocycles. The average Bonchev–Trinajstić information content (AvgIpc) is 2.67. The molecule has 2 aromatic rings. The Morgan fingerprint density at radius 1 is 1.31 bits per heavy atom. The van der Waals surface area contributed by atoms with Crippen molar-refractivity contribution in [2.45, 2.75) is 6.61 Å². The maximum absolute atomic E-state index is 5.95. The van der Waals surface area contributed by atoms with Crippen molar-refractivity contribution in [3.8, 4) is 5.75 Å². The highest BCUT2D eigenvalue weighted by Crippen LogP contribution is 2.32. The number of halogens is 2. The molecule has 0 atom stereocenters. The number of aromatic nitrogens is 2. The molecular weight excluding hydrogens is 269 g/mol. The van der Waals surface area contributed by atoms with E-state index in [0.717, 1.165) is 0 Å². The van der Waals surface area contributed by atoms with Crippen LogP contribution in [0.2, 0.25) is 10.0 Å². The molecule has 0 unspecified atom stereocenters. The molecule has 16 heavy (non-hydrogen) atoms. The summed E-state index contributed by atoms with van der Waals surface area (Å²) >= 11 is 13.1. The van der Waals surface area contributed by atoms with Crippen LogP contribution in [0.5, 0.6) is 5.75 Å². The SMILES string of the molecule is Nc1nnc(COc2cccc(Cl)c2Cl)s1. The molecule has 0 aliphatic rings. The molecule has 1 heterocycles. The molecule has 0 radical (unpaired) electrons. The predicted octanol–water partition coefficient (Wildman–Crippen LogP) is 3.01. The minimum Gasteiger partial charge on any atom is -0.485 e. The van der Waals surface area contributed by atoms with Gasteiger partial charge in [0, 0.05) is 0 Å². The maximum atomic E-state index is 5.95. The molecular formula is C9H7Cl2N3OS. The van der Waals surface area contributed by atoms with Crippen LogP contribution in [0.25, 0.3) is 0 Å². The summed E-state index contributed by atoms with van der Waals surface area (Å²) in [5.74, 6) is 0.517. The lowest BCUT2D eigenvalue weighted by molar-refractivity contribution is 0.305. The van der Waals surface area contributed by atoms with Crippen LogP contribution in [0.15, 0.2) is 18.2 Å². The zero-order valence-electron chi connectivity index (χ0n) is 7.98. The monoisotopic (exact) mass is 275 g/mol. The van der Waals surface area contributed by atoms with Crippen molar-refractivity contribution in [3.63, 3.8) is 0 Å². The second-order valence-corrected chi connectivity index (χ2v) is 4.75. The zero-order chi connectivity index (χ0) is 11.5. The average molecular weight is 276 g/mol. The fraction of sp³-hybridized carbons (Fsp3) is 0.111. The first-order chi connectivity index (χ1) is 7.66. The van der Waals surface area contributed by atoms with Gasteiger partial charge in [0.2, 0.25) is 5.13 Å². The van der Waals surface area contributed by atoms with Gasteiger partial charge in [0.15, 0.2) is 5.01 Å². The first-order valence-corrected chi connectivity index (χ1v) is 5.88. The van der Waals surface area contributed by atoms with Gasteiger partial charge in [-0.1, -0.05) is 40.6 Å². The van der Waals surface area contributed by atoms with Gasteiger partial charge in [-0.3, -0.25) is 0 Å². The molecule has 0 amide bonds. The Morgan fingerprint density at radius 2 is 2.12 bits per heavy atom. The van der Waals surface area contributed by atoms with Gasteiger partial charge in [-0.15, -0.1) is 10.2 Å². The Morgan fingerprint density at radius 3 is 2.81 bits per heavy atom. The van der Waals surface area contributed by atoms with Crippen LogP contribution in [0.3, 0.4) is 0 Å². The smallest absolute Gasteiger partial charge is 0.203 e. The van der Waals surface area contributed by atoms with Gasteiger partial charge >= 0.3 is 0 Å². The van der Waals surface area contributed by atoms with E-state index in [9.17, 15) is 0 Å². The number of hydrogen-bond acceptors (Lipinski definition) is 5. The van der Waals surface area contributed by atoms with Crippen molar-refractivity contribution >= 4 is 39.7 Å². The normalized spacial score (nSPS) is 10.4. The van der Waals surface area contributed by atoms with E-state index >= 15 is 0 Å². The maximum Gasteiger partial charge on any atom is 0.203 e. The Balaban J connectivity index is 2.07. The van der Waals surface area contributed by atoms with Crippen LogP contribution in [0.1, 0.15) is 5.01 Å². The lowest BCUT2D eigenvalue weighted by atomic mass is 10.3. The Bertz CT molecular complexity index is 503. The predicted molar refractivity (Wildman–Crippen MR) is 65.1 cm³/mol. The summed E-state index contributed by atoms with van der Waals surface area (Å²) in [4.78, 5) is 0. The van der Waals surface area contributed by atoms with Crippen molar-refractivity contribution < 1.29 is 4.74 Å². The van der Waals surface area contributed by atoms with Crippen molar-refractivity contribution in [1.29, 1.82) is 0 Å². The lowest BCUT2D eigenvalue weighted by Crippen LogP contribution is -1.95. The standard InChI is InChI=1S/C9H7Cl2N3OS/c10-5-2-1-3-6(8(5)11)15-4-7-13-14-9(12)16-7/h1-3H,4H2,(H2,12,14). The number of nitrogens with zero attached hydrogens (tertiary/aromatic N) is 2. The number of anilines is 1. The van der Waals surface area contributed by atoms with Crippen LogP contribution in [-0.4, -0.2) is 10.2 Å². The molecule has 1 aromatic carbocycles. The minimum atomic E-state index is 0.273. The third-order valence-corrected chi connectivity index (χ3v) is 3.28. The summed E-state index contributed by atoms with van der Waals surface area (Å²) < 4.78 is 5.45. The van der Waals surface area contributed by atoms with Crippen LogP contribution < -0.4 is 10.5 Å². The highest BCUT2D eigenvalue weighted by molar-refractivity contribution is 7.15. The Labute approximate surface area is 106 Å². The minimum absolute atomic E-state index is 0.273. The number of ether oxygens (including phenoxy) is 1. The van der Waals surface area contributed by atoms with E-state index in [1.165, 1.54) is 11.3 Å². The van der Waals surface area contributed by atoms with Crippen molar-refractivity contribution in [3.05, 3.63) is 33.3 Å². The highest BCUT2D eigenvalue weighted by Gasteiger charge is 2.07. The number of benzene rings is 1. The molecule has 4 nitrogen and oxygen atoms in total. The van der Waals surface area contributed by atoms with Gasteiger partial charge in [-0.25, -0.2) is 0 Å². The fourth-order valence-corrected chi connectivity index (χ4v) is 1.93. The second kappa shape index (κ2) is 4.86. The molecule has 0 bridgehead atoms. The van der Waals surface area contributed by atoms with Crippen LogP contribution >= 0.6 is 34.5 Å². The largest absolute Gasteiger partial charge is 0.485 e. The van der Waals surface area contributed by atoms with Crippen LogP contribution in [0.4, 0.5) is 5.13 Å². The van der Waals surface area contributed by atoms with E-state index in [2.05, 4.69) is 10.2 Å².